The smallest absolute Gasteiger partial charge is 0.276 e. The molecule has 3 aromatic carbocycles. The Labute approximate surface area is 198 Å². The van der Waals surface area contributed by atoms with Gasteiger partial charge in [-0.1, -0.05) is 30.3 Å². The molecule has 3 aromatic rings. The summed E-state index contributed by atoms with van der Waals surface area (Å²) in [5, 5.41) is 5.65. The molecule has 1 saturated heterocycles. The van der Waals surface area contributed by atoms with E-state index in [2.05, 4.69) is 9.93 Å². The highest BCUT2D eigenvalue weighted by atomic mass is 32.2. The minimum absolute atomic E-state index is 0.116. The van der Waals surface area contributed by atoms with Crippen molar-refractivity contribution in [2.45, 2.75) is 4.90 Å². The highest BCUT2D eigenvalue weighted by Gasteiger charge is 2.18. The molecule has 0 aromatic heterocycles. The Hall–Kier alpha value is -3.63. The number of sulfonamides is 1. The molecule has 0 aliphatic carbocycles. The standard InChI is InChI=1S/C24H25N3O6S/c1-31-23-14-18(6-9-22(23)33-17-24(28)27-10-12-32-13-11-27)16-25-26-34(29,30)21-8-7-19-4-2-3-5-20(19)15-21/h2-9,14-16,26H,10-13,17H2,1H3/b25-16-. The molecule has 0 saturated carbocycles. The lowest BCUT2D eigenvalue weighted by Crippen LogP contribution is -2.43. The largest absolute Gasteiger partial charge is 0.493 e. The second kappa shape index (κ2) is 10.5. The molecule has 0 atom stereocenters. The number of carbonyl (C=O) groups excluding carboxylic acids is 1. The number of nitrogens with one attached hydrogen (secondary N) is 1. The summed E-state index contributed by atoms with van der Waals surface area (Å²) in [7, 11) is -2.35. The van der Waals surface area contributed by atoms with Gasteiger partial charge < -0.3 is 19.1 Å². The summed E-state index contributed by atoms with van der Waals surface area (Å²) in [6, 6.07) is 17.4. The van der Waals surface area contributed by atoms with Crippen molar-refractivity contribution in [1.29, 1.82) is 0 Å². The number of methoxy groups -OCH3 is 1. The third-order valence-corrected chi connectivity index (χ3v) is 6.54. The number of nitrogens with zero attached hydrogens (tertiary/aromatic N) is 2. The monoisotopic (exact) mass is 483 g/mol. The average Bonchev–Trinajstić information content (AvgIpc) is 2.87. The highest BCUT2D eigenvalue weighted by molar-refractivity contribution is 7.89. The van der Waals surface area contributed by atoms with Crippen LogP contribution in [0.5, 0.6) is 11.5 Å². The first-order chi connectivity index (χ1) is 16.5. The zero-order valence-corrected chi connectivity index (χ0v) is 19.5. The van der Waals surface area contributed by atoms with E-state index in [9.17, 15) is 13.2 Å². The molecule has 1 aliphatic rings. The fourth-order valence-electron chi connectivity index (χ4n) is 3.48. The molecule has 1 amide bonds. The van der Waals surface area contributed by atoms with Crippen LogP contribution in [0.15, 0.2) is 70.7 Å². The van der Waals surface area contributed by atoms with Crippen molar-refractivity contribution in [2.24, 2.45) is 5.10 Å². The van der Waals surface area contributed by atoms with Crippen molar-refractivity contribution < 1.29 is 27.4 Å². The van der Waals surface area contributed by atoms with E-state index in [0.717, 1.165) is 10.8 Å². The first kappa shape index (κ1) is 23.5. The fraction of sp³-hybridized carbons (Fsp3) is 0.250. The number of hydrogen-bond donors (Lipinski definition) is 1. The number of carbonyl (C=O) groups is 1. The van der Waals surface area contributed by atoms with Gasteiger partial charge in [-0.3, -0.25) is 4.79 Å². The summed E-state index contributed by atoms with van der Waals surface area (Å²) < 4.78 is 41.5. The Morgan fingerprint density at radius 3 is 2.59 bits per heavy atom. The maximum atomic E-state index is 12.6. The van der Waals surface area contributed by atoms with E-state index in [1.54, 1.807) is 35.2 Å². The maximum absolute atomic E-state index is 12.6. The number of hydrazone groups is 1. The molecule has 0 radical (unpaired) electrons. The van der Waals surface area contributed by atoms with E-state index < -0.39 is 10.0 Å². The number of rotatable bonds is 8. The lowest BCUT2D eigenvalue weighted by atomic mass is 10.1. The maximum Gasteiger partial charge on any atom is 0.276 e. The van der Waals surface area contributed by atoms with Crippen LogP contribution in [0.3, 0.4) is 0 Å². The molecule has 1 N–H and O–H groups in total. The van der Waals surface area contributed by atoms with Gasteiger partial charge in [0.05, 0.1) is 31.4 Å². The Bertz CT molecular complexity index is 1300. The second-order valence-electron chi connectivity index (χ2n) is 7.55. The highest BCUT2D eigenvalue weighted by Crippen LogP contribution is 2.27. The van der Waals surface area contributed by atoms with Crippen molar-refractivity contribution in [2.75, 3.05) is 40.0 Å². The van der Waals surface area contributed by atoms with Crippen molar-refractivity contribution in [1.82, 2.24) is 9.73 Å². The zero-order chi connectivity index (χ0) is 24.0. The van der Waals surface area contributed by atoms with Gasteiger partial charge in [0.15, 0.2) is 18.1 Å². The molecule has 9 nitrogen and oxygen atoms in total. The third-order valence-electron chi connectivity index (χ3n) is 5.32. The van der Waals surface area contributed by atoms with Gasteiger partial charge in [0.25, 0.3) is 15.9 Å². The molecule has 0 unspecified atom stereocenters. The van der Waals surface area contributed by atoms with E-state index in [-0.39, 0.29) is 17.4 Å². The number of amides is 1. The molecule has 1 heterocycles. The van der Waals surface area contributed by atoms with Crippen LogP contribution in [0, 0.1) is 0 Å². The Morgan fingerprint density at radius 2 is 1.82 bits per heavy atom. The van der Waals surface area contributed by atoms with Gasteiger partial charge in [0.2, 0.25) is 0 Å². The van der Waals surface area contributed by atoms with Crippen LogP contribution in [0.1, 0.15) is 5.56 Å². The van der Waals surface area contributed by atoms with Crippen LogP contribution >= 0.6 is 0 Å². The lowest BCUT2D eigenvalue weighted by Gasteiger charge is -2.26. The molecule has 4 rings (SSSR count). The predicted molar refractivity (Wildman–Crippen MR) is 128 cm³/mol. The van der Waals surface area contributed by atoms with Crippen LogP contribution in [0.2, 0.25) is 0 Å². The van der Waals surface area contributed by atoms with Crippen LogP contribution < -0.4 is 14.3 Å². The van der Waals surface area contributed by atoms with E-state index in [4.69, 9.17) is 14.2 Å². The topological polar surface area (TPSA) is 107 Å². The van der Waals surface area contributed by atoms with Crippen molar-refractivity contribution in [3.8, 4) is 11.5 Å². The third kappa shape index (κ3) is 5.64. The quantitative estimate of drug-likeness (QED) is 0.390. The molecule has 34 heavy (non-hydrogen) atoms. The molecule has 0 spiro atoms. The van der Waals surface area contributed by atoms with Crippen molar-refractivity contribution >= 4 is 32.9 Å². The normalized spacial score (nSPS) is 14.3. The molecule has 1 aliphatic heterocycles. The molecular formula is C24H25N3O6S. The summed E-state index contributed by atoms with van der Waals surface area (Å²) in [6.45, 7) is 2.02. The predicted octanol–water partition coefficient (Wildman–Crippen LogP) is 2.40. The number of fused-ring (bicyclic) bond motifs is 1. The minimum atomic E-state index is -3.83. The van der Waals surface area contributed by atoms with Crippen molar-refractivity contribution in [3.05, 3.63) is 66.2 Å². The fourth-order valence-corrected chi connectivity index (χ4v) is 4.31. The minimum Gasteiger partial charge on any atom is -0.493 e. The first-order valence-electron chi connectivity index (χ1n) is 10.7. The zero-order valence-electron chi connectivity index (χ0n) is 18.6. The van der Waals surface area contributed by atoms with E-state index in [0.29, 0.717) is 43.4 Å². The average molecular weight is 484 g/mol. The first-order valence-corrected chi connectivity index (χ1v) is 12.1. The van der Waals surface area contributed by atoms with Gasteiger partial charge in [-0.2, -0.15) is 13.5 Å². The second-order valence-corrected chi connectivity index (χ2v) is 9.21. The summed E-state index contributed by atoms with van der Waals surface area (Å²) in [5.41, 5.74) is 0.588. The molecule has 10 heteroatoms. The van der Waals surface area contributed by atoms with Crippen LogP contribution in [0.25, 0.3) is 10.8 Å². The number of benzene rings is 3. The van der Waals surface area contributed by atoms with Crippen LogP contribution in [-0.2, 0) is 19.6 Å². The molecule has 178 valence electrons. The lowest BCUT2D eigenvalue weighted by molar-refractivity contribution is -0.137. The van der Waals surface area contributed by atoms with Gasteiger partial charge in [0, 0.05) is 13.1 Å². The van der Waals surface area contributed by atoms with Gasteiger partial charge in [-0.05, 0) is 46.7 Å². The Kier molecular flexibility index (Phi) is 7.29. The Balaban J connectivity index is 1.39. The summed E-state index contributed by atoms with van der Waals surface area (Å²) in [4.78, 5) is 16.3. The number of morpholine rings is 1. The summed E-state index contributed by atoms with van der Waals surface area (Å²) in [5.74, 6) is 0.674. The van der Waals surface area contributed by atoms with E-state index >= 15 is 0 Å². The van der Waals surface area contributed by atoms with Crippen molar-refractivity contribution in [3.63, 3.8) is 0 Å². The molecule has 1 fully saturated rings. The van der Waals surface area contributed by atoms with Gasteiger partial charge in [-0.25, -0.2) is 4.83 Å². The van der Waals surface area contributed by atoms with Gasteiger partial charge >= 0.3 is 0 Å². The number of hydrogen-bond acceptors (Lipinski definition) is 7. The number of ether oxygens (including phenoxy) is 3. The summed E-state index contributed by atoms with van der Waals surface area (Å²) in [6.07, 6.45) is 1.36. The summed E-state index contributed by atoms with van der Waals surface area (Å²) >= 11 is 0. The van der Waals surface area contributed by atoms with E-state index in [1.807, 2.05) is 24.3 Å². The SMILES string of the molecule is COc1cc(/C=N\NS(=O)(=O)c2ccc3ccccc3c2)ccc1OCC(=O)N1CCOCC1. The Morgan fingerprint density at radius 1 is 1.06 bits per heavy atom. The van der Waals surface area contributed by atoms with Gasteiger partial charge in [0.1, 0.15) is 0 Å². The van der Waals surface area contributed by atoms with Crippen LogP contribution in [-0.4, -0.2) is 65.5 Å². The van der Waals surface area contributed by atoms with Gasteiger partial charge in [-0.15, -0.1) is 0 Å². The molecular weight excluding hydrogens is 458 g/mol. The van der Waals surface area contributed by atoms with E-state index in [1.165, 1.54) is 19.4 Å². The molecule has 0 bridgehead atoms. The van der Waals surface area contributed by atoms with Crippen LogP contribution in [0.4, 0.5) is 0 Å².